The molecule has 0 radical (unpaired) electrons. The molecule has 2 N–H and O–H groups in total. The van der Waals surface area contributed by atoms with Crippen LogP contribution in [0.2, 0.25) is 0 Å². The molecule has 1 saturated heterocycles. The van der Waals surface area contributed by atoms with Crippen molar-refractivity contribution in [3.05, 3.63) is 0 Å². The number of ketones is 1. The maximum Gasteiger partial charge on any atom is 0.428 e. The average molecular weight is 172 g/mol. The second-order valence-corrected chi connectivity index (χ2v) is 2.92. The number of Topliss-reactive ketones (excluding diaryl/α,β-unsaturated/α-hetero) is 1. The van der Waals surface area contributed by atoms with Crippen molar-refractivity contribution in [1.29, 1.82) is 0 Å². The van der Waals surface area contributed by atoms with Gasteiger partial charge in [0.1, 0.15) is 5.78 Å². The van der Waals surface area contributed by atoms with Gasteiger partial charge < -0.3 is 9.74 Å². The van der Waals surface area contributed by atoms with Crippen LogP contribution < -0.4 is 5.90 Å². The Morgan fingerprint density at radius 1 is 1.75 bits per heavy atom. The number of hydrogen-bond donors (Lipinski definition) is 1. The molecule has 0 aromatic rings. The van der Waals surface area contributed by atoms with Crippen LogP contribution in [0.1, 0.15) is 19.8 Å². The molecule has 0 aromatic heterocycles. The van der Waals surface area contributed by atoms with E-state index >= 15 is 0 Å². The number of nitrogens with zero attached hydrogens (tertiary/aromatic N) is 1. The van der Waals surface area contributed by atoms with Crippen molar-refractivity contribution in [2.75, 3.05) is 6.54 Å². The summed E-state index contributed by atoms with van der Waals surface area (Å²) in [4.78, 5) is 27.4. The summed E-state index contributed by atoms with van der Waals surface area (Å²) in [7, 11) is 0. The fraction of sp³-hybridized carbons (Fsp3) is 0.714. The fourth-order valence-corrected chi connectivity index (χ4v) is 1.35. The minimum atomic E-state index is -0.560. The first-order chi connectivity index (χ1) is 5.65. The van der Waals surface area contributed by atoms with E-state index in [1.54, 1.807) is 6.92 Å². The standard InChI is InChI=1S/C7H12N2O3/c1-5-4-6(10)2-3-9(5)7(11)12-8/h5H,2-4,8H2,1H3/t5-/m0/s1. The summed E-state index contributed by atoms with van der Waals surface area (Å²) in [5.41, 5.74) is 0. The van der Waals surface area contributed by atoms with Crippen molar-refractivity contribution in [3.63, 3.8) is 0 Å². The van der Waals surface area contributed by atoms with Gasteiger partial charge >= 0.3 is 6.09 Å². The predicted molar refractivity (Wildman–Crippen MR) is 41.1 cm³/mol. The Hall–Kier alpha value is -1.10. The van der Waals surface area contributed by atoms with Gasteiger partial charge in [-0.15, -0.1) is 0 Å². The highest BCUT2D eigenvalue weighted by Crippen LogP contribution is 2.13. The van der Waals surface area contributed by atoms with Crippen LogP contribution in [-0.4, -0.2) is 29.4 Å². The zero-order valence-corrected chi connectivity index (χ0v) is 6.95. The zero-order valence-electron chi connectivity index (χ0n) is 6.95. The van der Waals surface area contributed by atoms with Gasteiger partial charge in [0.05, 0.1) is 0 Å². The van der Waals surface area contributed by atoms with Crippen molar-refractivity contribution in [3.8, 4) is 0 Å². The number of rotatable bonds is 0. The van der Waals surface area contributed by atoms with Crippen LogP contribution in [-0.2, 0) is 9.63 Å². The average Bonchev–Trinajstić information content (AvgIpc) is 2.03. The second kappa shape index (κ2) is 3.53. The van der Waals surface area contributed by atoms with E-state index < -0.39 is 6.09 Å². The Balaban J connectivity index is 2.56. The van der Waals surface area contributed by atoms with E-state index in [0.717, 1.165) is 0 Å². The first-order valence-electron chi connectivity index (χ1n) is 3.84. The molecule has 5 heteroatoms. The Morgan fingerprint density at radius 3 is 2.92 bits per heavy atom. The van der Waals surface area contributed by atoms with E-state index in [9.17, 15) is 9.59 Å². The monoisotopic (exact) mass is 172 g/mol. The molecule has 0 spiro atoms. The number of amides is 1. The van der Waals surface area contributed by atoms with Gasteiger partial charge in [0.25, 0.3) is 0 Å². The zero-order chi connectivity index (χ0) is 9.14. The molecule has 0 bridgehead atoms. The topological polar surface area (TPSA) is 72.6 Å². The van der Waals surface area contributed by atoms with E-state index in [0.29, 0.717) is 19.4 Å². The highest BCUT2D eigenvalue weighted by atomic mass is 16.7. The normalized spacial score (nSPS) is 24.0. The molecule has 1 aliphatic rings. The Bertz CT molecular complexity index is 205. The SMILES string of the molecule is C[C@H]1CC(=O)CCN1C(=O)ON. The molecule has 5 nitrogen and oxygen atoms in total. The van der Waals surface area contributed by atoms with Crippen LogP contribution in [0, 0.1) is 0 Å². The van der Waals surface area contributed by atoms with Crippen LogP contribution in [0.15, 0.2) is 0 Å². The number of likely N-dealkylation sites (tertiary alicyclic amines) is 1. The predicted octanol–water partition coefficient (Wildman–Crippen LogP) is 0.0501. The van der Waals surface area contributed by atoms with Crippen LogP contribution in [0.25, 0.3) is 0 Å². The van der Waals surface area contributed by atoms with E-state index in [2.05, 4.69) is 4.84 Å². The Labute approximate surface area is 70.4 Å². The van der Waals surface area contributed by atoms with Crippen LogP contribution in [0.3, 0.4) is 0 Å². The molecule has 68 valence electrons. The van der Waals surface area contributed by atoms with Crippen LogP contribution >= 0.6 is 0 Å². The minimum absolute atomic E-state index is 0.0951. The number of hydrogen-bond acceptors (Lipinski definition) is 4. The highest BCUT2D eigenvalue weighted by Gasteiger charge is 2.27. The molecule has 1 atom stereocenters. The van der Waals surface area contributed by atoms with Gasteiger partial charge in [0.15, 0.2) is 0 Å². The van der Waals surface area contributed by atoms with E-state index in [-0.39, 0.29) is 11.8 Å². The van der Waals surface area contributed by atoms with Crippen molar-refractivity contribution < 1.29 is 14.4 Å². The maximum atomic E-state index is 11.0. The molecule has 1 amide bonds. The molecule has 0 aromatic carbocycles. The fourth-order valence-electron chi connectivity index (χ4n) is 1.35. The van der Waals surface area contributed by atoms with E-state index in [1.807, 2.05) is 0 Å². The van der Waals surface area contributed by atoms with Gasteiger partial charge in [-0.25, -0.2) is 4.79 Å². The Kier molecular flexibility index (Phi) is 2.65. The summed E-state index contributed by atoms with van der Waals surface area (Å²) >= 11 is 0. The van der Waals surface area contributed by atoms with Gasteiger partial charge in [-0.2, -0.15) is 5.90 Å². The van der Waals surface area contributed by atoms with E-state index in [4.69, 9.17) is 5.90 Å². The smallest absolute Gasteiger partial charge is 0.357 e. The summed E-state index contributed by atoms with van der Waals surface area (Å²) in [6.45, 7) is 2.21. The van der Waals surface area contributed by atoms with Gasteiger partial charge in [0.2, 0.25) is 0 Å². The molecular weight excluding hydrogens is 160 g/mol. The molecule has 0 aliphatic carbocycles. The van der Waals surface area contributed by atoms with Gasteiger partial charge in [0, 0.05) is 25.4 Å². The highest BCUT2D eigenvalue weighted by molar-refractivity contribution is 5.82. The van der Waals surface area contributed by atoms with Crippen LogP contribution in [0.4, 0.5) is 4.79 Å². The van der Waals surface area contributed by atoms with Crippen molar-refractivity contribution in [1.82, 2.24) is 4.90 Å². The molecule has 12 heavy (non-hydrogen) atoms. The van der Waals surface area contributed by atoms with Crippen molar-refractivity contribution in [2.24, 2.45) is 5.90 Å². The molecule has 1 fully saturated rings. The minimum Gasteiger partial charge on any atom is -0.357 e. The summed E-state index contributed by atoms with van der Waals surface area (Å²) in [6.07, 6.45) is 0.240. The van der Waals surface area contributed by atoms with E-state index in [1.165, 1.54) is 4.90 Å². The lowest BCUT2D eigenvalue weighted by Gasteiger charge is -2.30. The summed E-state index contributed by atoms with van der Waals surface area (Å²) < 4.78 is 0. The number of carbonyl (C=O) groups is 2. The number of piperidine rings is 1. The first kappa shape index (κ1) is 8.99. The molecule has 0 saturated carbocycles. The van der Waals surface area contributed by atoms with Crippen molar-refractivity contribution in [2.45, 2.75) is 25.8 Å². The lowest BCUT2D eigenvalue weighted by Crippen LogP contribution is -2.45. The molecular formula is C7H12N2O3. The molecule has 1 aliphatic heterocycles. The third-order valence-electron chi connectivity index (χ3n) is 2.02. The maximum absolute atomic E-state index is 11.0. The molecule has 1 heterocycles. The number of carbonyl (C=O) groups excluding carboxylic acids is 2. The van der Waals surface area contributed by atoms with Gasteiger partial charge in [-0.3, -0.25) is 4.79 Å². The quantitative estimate of drug-likeness (QED) is 0.524. The summed E-state index contributed by atoms with van der Waals surface area (Å²) in [5.74, 6) is 4.91. The largest absolute Gasteiger partial charge is 0.428 e. The van der Waals surface area contributed by atoms with Gasteiger partial charge in [-0.05, 0) is 6.92 Å². The molecule has 1 rings (SSSR count). The summed E-state index contributed by atoms with van der Waals surface area (Å²) in [6, 6.07) is -0.0951. The third kappa shape index (κ3) is 1.73. The van der Waals surface area contributed by atoms with Crippen molar-refractivity contribution >= 4 is 11.9 Å². The summed E-state index contributed by atoms with van der Waals surface area (Å²) in [5, 5.41) is 0. The first-order valence-corrected chi connectivity index (χ1v) is 3.84. The Morgan fingerprint density at radius 2 is 2.42 bits per heavy atom. The third-order valence-corrected chi connectivity index (χ3v) is 2.02. The lowest BCUT2D eigenvalue weighted by molar-refractivity contribution is -0.122. The second-order valence-electron chi connectivity index (χ2n) is 2.92. The van der Waals surface area contributed by atoms with Crippen LogP contribution in [0.5, 0.6) is 0 Å². The molecule has 0 unspecified atom stereocenters. The lowest BCUT2D eigenvalue weighted by atomic mass is 10.0. The van der Waals surface area contributed by atoms with Gasteiger partial charge in [-0.1, -0.05) is 0 Å². The number of nitrogens with two attached hydrogens (primary N) is 1.